The van der Waals surface area contributed by atoms with E-state index < -0.39 is 6.04 Å². The summed E-state index contributed by atoms with van der Waals surface area (Å²) in [4.78, 5) is 11.4. The summed E-state index contributed by atoms with van der Waals surface area (Å²) < 4.78 is 6.84. The molecule has 1 aromatic carbocycles. The Kier molecular flexibility index (Phi) is 4.25. The molecule has 0 amide bonds. The number of carbonyl (C=O) groups excluding carboxylic acids is 1. The van der Waals surface area contributed by atoms with Crippen molar-refractivity contribution in [3.8, 4) is 5.69 Å². The van der Waals surface area contributed by atoms with Gasteiger partial charge in [-0.15, -0.1) is 0 Å². The number of rotatable bonds is 4. The molecular formula is C16H20N2O2. The van der Waals surface area contributed by atoms with E-state index in [1.54, 1.807) is 0 Å². The van der Waals surface area contributed by atoms with Gasteiger partial charge in [0.2, 0.25) is 0 Å². The number of methoxy groups -OCH3 is 1. The molecular weight excluding hydrogens is 252 g/mol. The van der Waals surface area contributed by atoms with Gasteiger partial charge in [-0.1, -0.05) is 18.2 Å². The van der Waals surface area contributed by atoms with E-state index in [-0.39, 0.29) is 5.97 Å². The predicted molar refractivity (Wildman–Crippen MR) is 78.9 cm³/mol. The van der Waals surface area contributed by atoms with Crippen molar-refractivity contribution in [1.82, 2.24) is 4.57 Å². The van der Waals surface area contributed by atoms with Crippen molar-refractivity contribution >= 4 is 5.97 Å². The van der Waals surface area contributed by atoms with Crippen LogP contribution in [0.4, 0.5) is 0 Å². The van der Waals surface area contributed by atoms with E-state index in [1.807, 2.05) is 32.0 Å². The Hall–Kier alpha value is -2.07. The Bertz CT molecular complexity index is 602. The van der Waals surface area contributed by atoms with E-state index in [9.17, 15) is 4.79 Å². The molecule has 1 heterocycles. The lowest BCUT2D eigenvalue weighted by molar-refractivity contribution is -0.142. The van der Waals surface area contributed by atoms with Gasteiger partial charge >= 0.3 is 5.97 Å². The zero-order chi connectivity index (χ0) is 14.7. The summed E-state index contributed by atoms with van der Waals surface area (Å²) in [6, 6.07) is 11.6. The second-order valence-electron chi connectivity index (χ2n) is 4.90. The molecule has 2 aromatic rings. The maximum atomic E-state index is 11.4. The second kappa shape index (κ2) is 5.92. The van der Waals surface area contributed by atoms with Gasteiger partial charge in [0.05, 0.1) is 7.11 Å². The maximum Gasteiger partial charge on any atom is 0.322 e. The average Bonchev–Trinajstić information content (AvgIpc) is 2.73. The summed E-state index contributed by atoms with van der Waals surface area (Å²) in [6.45, 7) is 4.09. The number of carbonyl (C=O) groups is 1. The first kappa shape index (κ1) is 14.3. The van der Waals surface area contributed by atoms with Crippen molar-refractivity contribution in [3.63, 3.8) is 0 Å². The molecule has 0 aliphatic rings. The number of hydrogen-bond acceptors (Lipinski definition) is 3. The van der Waals surface area contributed by atoms with Crippen LogP contribution in [0, 0.1) is 13.8 Å². The van der Waals surface area contributed by atoms with E-state index in [0.717, 1.165) is 22.6 Å². The molecule has 2 rings (SSSR count). The minimum absolute atomic E-state index is 0.380. The molecule has 0 aliphatic heterocycles. The largest absolute Gasteiger partial charge is 0.468 e. The minimum Gasteiger partial charge on any atom is -0.468 e. The molecule has 1 atom stereocenters. The fraction of sp³-hybridized carbons (Fsp3) is 0.312. The highest BCUT2D eigenvalue weighted by Gasteiger charge is 2.18. The molecule has 20 heavy (non-hydrogen) atoms. The van der Waals surface area contributed by atoms with E-state index >= 15 is 0 Å². The third kappa shape index (κ3) is 2.75. The first-order chi connectivity index (χ1) is 9.54. The summed E-state index contributed by atoms with van der Waals surface area (Å²) >= 11 is 0. The number of aryl methyl sites for hydroxylation is 1. The maximum absolute atomic E-state index is 11.4. The predicted octanol–water partition coefficient (Wildman–Crippen LogP) is 2.14. The fourth-order valence-corrected chi connectivity index (χ4v) is 2.48. The Morgan fingerprint density at radius 3 is 2.55 bits per heavy atom. The monoisotopic (exact) mass is 272 g/mol. The van der Waals surface area contributed by atoms with Crippen LogP contribution < -0.4 is 5.73 Å². The molecule has 4 nitrogen and oxygen atoms in total. The summed E-state index contributed by atoms with van der Waals surface area (Å²) in [6.07, 6.45) is 0.485. The Morgan fingerprint density at radius 2 is 1.95 bits per heavy atom. The molecule has 0 fully saturated rings. The smallest absolute Gasteiger partial charge is 0.322 e. The SMILES string of the molecule is COC(=O)C(N)Cc1cc(C)n(-c2ccccc2)c1C. The van der Waals surface area contributed by atoms with Gasteiger partial charge in [-0.2, -0.15) is 0 Å². The van der Waals surface area contributed by atoms with Crippen LogP contribution in [-0.4, -0.2) is 23.7 Å². The molecule has 0 radical (unpaired) electrons. The number of hydrogen-bond donors (Lipinski definition) is 1. The van der Waals surface area contributed by atoms with E-state index in [4.69, 9.17) is 5.73 Å². The van der Waals surface area contributed by atoms with Crippen LogP contribution in [0.5, 0.6) is 0 Å². The van der Waals surface area contributed by atoms with Crippen LogP contribution in [0.3, 0.4) is 0 Å². The zero-order valence-corrected chi connectivity index (χ0v) is 12.1. The number of benzene rings is 1. The lowest BCUT2D eigenvalue weighted by atomic mass is 10.1. The highest BCUT2D eigenvalue weighted by Crippen LogP contribution is 2.21. The van der Waals surface area contributed by atoms with Crippen LogP contribution in [0.2, 0.25) is 0 Å². The van der Waals surface area contributed by atoms with Crippen LogP contribution in [0.25, 0.3) is 5.69 Å². The third-order valence-electron chi connectivity index (χ3n) is 3.49. The zero-order valence-electron chi connectivity index (χ0n) is 12.1. The van der Waals surface area contributed by atoms with Crippen molar-refractivity contribution in [2.24, 2.45) is 5.73 Å². The van der Waals surface area contributed by atoms with Crippen molar-refractivity contribution in [2.75, 3.05) is 7.11 Å². The van der Waals surface area contributed by atoms with E-state index in [0.29, 0.717) is 6.42 Å². The third-order valence-corrected chi connectivity index (χ3v) is 3.49. The molecule has 1 aromatic heterocycles. The van der Waals surface area contributed by atoms with Gasteiger partial charge in [0.1, 0.15) is 6.04 Å². The van der Waals surface area contributed by atoms with Crippen molar-refractivity contribution in [2.45, 2.75) is 26.3 Å². The molecule has 106 valence electrons. The van der Waals surface area contributed by atoms with E-state index in [1.165, 1.54) is 7.11 Å². The summed E-state index contributed by atoms with van der Waals surface area (Å²) in [5.74, 6) is -0.380. The standard InChI is InChI=1S/C16H20N2O2/c1-11-9-13(10-15(17)16(19)20-3)12(2)18(11)14-7-5-4-6-8-14/h4-9,15H,10,17H2,1-3H3. The highest BCUT2D eigenvalue weighted by atomic mass is 16.5. The highest BCUT2D eigenvalue weighted by molar-refractivity contribution is 5.75. The Balaban J connectivity index is 2.32. The lowest BCUT2D eigenvalue weighted by Gasteiger charge is -2.11. The van der Waals surface area contributed by atoms with Crippen LogP contribution in [-0.2, 0) is 16.0 Å². The number of esters is 1. The number of ether oxygens (including phenoxy) is 1. The fourth-order valence-electron chi connectivity index (χ4n) is 2.48. The summed E-state index contributed by atoms with van der Waals surface area (Å²) in [7, 11) is 1.36. The molecule has 4 heteroatoms. The number of para-hydroxylation sites is 1. The molecule has 0 aliphatic carbocycles. The van der Waals surface area contributed by atoms with Crippen LogP contribution in [0.1, 0.15) is 17.0 Å². The molecule has 0 bridgehead atoms. The van der Waals surface area contributed by atoms with E-state index in [2.05, 4.69) is 27.5 Å². The number of nitrogens with two attached hydrogens (primary N) is 1. The normalized spacial score (nSPS) is 12.2. The van der Waals surface area contributed by atoms with Gasteiger partial charge in [0, 0.05) is 23.5 Å². The Labute approximate surface area is 119 Å². The van der Waals surface area contributed by atoms with Gasteiger partial charge in [-0.25, -0.2) is 0 Å². The first-order valence-electron chi connectivity index (χ1n) is 6.61. The minimum atomic E-state index is -0.621. The Morgan fingerprint density at radius 1 is 1.30 bits per heavy atom. The molecule has 2 N–H and O–H groups in total. The van der Waals surface area contributed by atoms with Gasteiger partial charge in [0.15, 0.2) is 0 Å². The number of nitrogens with zero attached hydrogens (tertiary/aromatic N) is 1. The van der Waals surface area contributed by atoms with Crippen molar-refractivity contribution < 1.29 is 9.53 Å². The summed E-state index contributed by atoms with van der Waals surface area (Å²) in [5.41, 5.74) is 10.3. The van der Waals surface area contributed by atoms with Gasteiger partial charge in [-0.05, 0) is 37.6 Å². The van der Waals surface area contributed by atoms with Crippen molar-refractivity contribution in [3.05, 3.63) is 53.3 Å². The van der Waals surface area contributed by atoms with Crippen LogP contribution in [0.15, 0.2) is 36.4 Å². The molecule has 0 saturated heterocycles. The van der Waals surface area contributed by atoms with Gasteiger partial charge < -0.3 is 15.0 Å². The number of aromatic nitrogens is 1. The van der Waals surface area contributed by atoms with Crippen molar-refractivity contribution in [1.29, 1.82) is 0 Å². The van der Waals surface area contributed by atoms with Crippen LogP contribution >= 0.6 is 0 Å². The summed E-state index contributed by atoms with van der Waals surface area (Å²) in [5, 5.41) is 0. The molecule has 0 spiro atoms. The molecule has 0 saturated carbocycles. The topological polar surface area (TPSA) is 57.2 Å². The average molecular weight is 272 g/mol. The quantitative estimate of drug-likeness (QED) is 0.867. The van der Waals surface area contributed by atoms with Gasteiger partial charge in [-0.3, -0.25) is 4.79 Å². The van der Waals surface area contributed by atoms with Gasteiger partial charge in [0.25, 0.3) is 0 Å². The lowest BCUT2D eigenvalue weighted by Crippen LogP contribution is -2.33. The first-order valence-corrected chi connectivity index (χ1v) is 6.61. The second-order valence-corrected chi connectivity index (χ2v) is 4.90. The molecule has 1 unspecified atom stereocenters.